The fraction of sp³-hybridized carbons (Fsp3) is 0.150. The van der Waals surface area contributed by atoms with Crippen molar-refractivity contribution in [1.29, 1.82) is 5.26 Å². The second kappa shape index (κ2) is 7.16. The Morgan fingerprint density at radius 3 is 2.42 bits per heavy atom. The van der Waals surface area contributed by atoms with Crippen LogP contribution in [0.25, 0.3) is 22.2 Å². The fourth-order valence-electron chi connectivity index (χ4n) is 3.34. The van der Waals surface area contributed by atoms with Crippen molar-refractivity contribution in [3.63, 3.8) is 0 Å². The number of alkyl halides is 6. The molecule has 0 saturated heterocycles. The van der Waals surface area contributed by atoms with E-state index in [0.717, 1.165) is 0 Å². The molecule has 0 spiro atoms. The summed E-state index contributed by atoms with van der Waals surface area (Å²) in [6.07, 6.45) is -8.09. The van der Waals surface area contributed by atoms with Gasteiger partial charge < -0.3 is 4.57 Å². The molecule has 0 unspecified atom stereocenters. The Kier molecular flexibility index (Phi) is 4.72. The molecule has 0 aliphatic rings. The Hall–Kier alpha value is -3.81. The molecule has 0 amide bonds. The molecule has 0 aliphatic heterocycles. The van der Waals surface area contributed by atoms with E-state index >= 15 is 0 Å². The third kappa shape index (κ3) is 3.84. The van der Waals surface area contributed by atoms with Crippen LogP contribution in [0, 0.1) is 11.3 Å². The molecule has 158 valence electrons. The second-order valence-corrected chi connectivity index (χ2v) is 6.73. The van der Waals surface area contributed by atoms with Crippen LogP contribution in [0.3, 0.4) is 0 Å². The first-order valence-electron chi connectivity index (χ1n) is 8.75. The van der Waals surface area contributed by atoms with Gasteiger partial charge in [0.05, 0.1) is 11.1 Å². The third-order valence-electron chi connectivity index (χ3n) is 4.79. The van der Waals surface area contributed by atoms with E-state index in [1.54, 1.807) is 24.3 Å². The van der Waals surface area contributed by atoms with Gasteiger partial charge in [0, 0.05) is 23.8 Å². The Morgan fingerprint density at radius 1 is 0.968 bits per heavy atom. The second-order valence-electron chi connectivity index (χ2n) is 6.73. The van der Waals surface area contributed by atoms with Crippen molar-refractivity contribution < 1.29 is 26.3 Å². The standard InChI is InChI=1S/C20H11F6N5/c21-19(22,23)14-3-4-15(20(24,25)26)13(7-14)10-31-6-5-11-1-2-12(8-17(11)31)18-16(9-27)28-30-29-18/h1-8H,10H2,(H,28,29,30). The number of nitrogens with zero attached hydrogens (tertiary/aromatic N) is 4. The number of hydrogen-bond donors (Lipinski definition) is 1. The van der Waals surface area contributed by atoms with Crippen molar-refractivity contribution in [2.75, 3.05) is 0 Å². The molecule has 2 heterocycles. The molecule has 31 heavy (non-hydrogen) atoms. The predicted octanol–water partition coefficient (Wildman–Crippen LogP) is 5.38. The zero-order chi connectivity index (χ0) is 22.4. The minimum atomic E-state index is -4.81. The number of H-pyrrole nitrogens is 1. The van der Waals surface area contributed by atoms with E-state index in [2.05, 4.69) is 15.4 Å². The minimum Gasteiger partial charge on any atom is -0.343 e. The van der Waals surface area contributed by atoms with Crippen molar-refractivity contribution in [3.05, 3.63) is 71.0 Å². The summed E-state index contributed by atoms with van der Waals surface area (Å²) in [4.78, 5) is 0. The molecule has 0 fully saturated rings. The van der Waals surface area contributed by atoms with Gasteiger partial charge in [-0.15, -0.1) is 5.10 Å². The molecule has 0 atom stereocenters. The van der Waals surface area contributed by atoms with Crippen LogP contribution in [0.2, 0.25) is 0 Å². The van der Waals surface area contributed by atoms with Crippen molar-refractivity contribution in [2.24, 2.45) is 0 Å². The molecule has 0 bridgehead atoms. The van der Waals surface area contributed by atoms with Gasteiger partial charge in [0.2, 0.25) is 0 Å². The molecule has 4 rings (SSSR count). The van der Waals surface area contributed by atoms with Gasteiger partial charge in [-0.3, -0.25) is 0 Å². The first kappa shape index (κ1) is 20.5. The zero-order valence-electron chi connectivity index (χ0n) is 15.4. The predicted molar refractivity (Wildman–Crippen MR) is 97.6 cm³/mol. The number of aromatic amines is 1. The van der Waals surface area contributed by atoms with Crippen LogP contribution in [-0.4, -0.2) is 20.0 Å². The van der Waals surface area contributed by atoms with Gasteiger partial charge in [-0.25, -0.2) is 5.10 Å². The number of rotatable bonds is 3. The lowest BCUT2D eigenvalue weighted by Gasteiger charge is -2.17. The van der Waals surface area contributed by atoms with E-state index in [-0.39, 0.29) is 11.4 Å². The van der Waals surface area contributed by atoms with Gasteiger partial charge in [0.1, 0.15) is 11.8 Å². The van der Waals surface area contributed by atoms with Gasteiger partial charge >= 0.3 is 12.4 Å². The van der Waals surface area contributed by atoms with Gasteiger partial charge in [-0.2, -0.15) is 31.6 Å². The lowest BCUT2D eigenvalue weighted by molar-refractivity contribution is -0.141. The maximum atomic E-state index is 13.4. The Bertz CT molecular complexity index is 1310. The third-order valence-corrected chi connectivity index (χ3v) is 4.79. The molecule has 4 aromatic rings. The molecule has 11 heteroatoms. The Morgan fingerprint density at radius 2 is 1.74 bits per heavy atom. The number of benzene rings is 2. The van der Waals surface area contributed by atoms with Crippen LogP contribution in [0.15, 0.2) is 48.7 Å². The number of halogens is 6. The largest absolute Gasteiger partial charge is 0.416 e. The SMILES string of the molecule is N#Cc1[nH]nnc1-c1ccc2ccn(Cc3cc(C(F)(F)F)ccc3C(F)(F)F)c2c1. The molecule has 2 aromatic carbocycles. The summed E-state index contributed by atoms with van der Waals surface area (Å²) in [6, 6.07) is 9.85. The van der Waals surface area contributed by atoms with Gasteiger partial charge in [0.25, 0.3) is 0 Å². The summed E-state index contributed by atoms with van der Waals surface area (Å²) < 4.78 is 80.9. The summed E-state index contributed by atoms with van der Waals surface area (Å²) in [5.74, 6) is 0. The first-order chi connectivity index (χ1) is 14.6. The van der Waals surface area contributed by atoms with Crippen LogP contribution in [0.1, 0.15) is 22.4 Å². The van der Waals surface area contributed by atoms with E-state index in [0.29, 0.717) is 34.7 Å². The van der Waals surface area contributed by atoms with E-state index in [4.69, 9.17) is 5.26 Å². The molecular formula is C20H11F6N5. The summed E-state index contributed by atoms with van der Waals surface area (Å²) in [5, 5.41) is 19.6. The van der Waals surface area contributed by atoms with E-state index in [1.807, 2.05) is 6.07 Å². The van der Waals surface area contributed by atoms with Crippen molar-refractivity contribution in [1.82, 2.24) is 20.0 Å². The van der Waals surface area contributed by atoms with Crippen molar-refractivity contribution in [3.8, 4) is 17.3 Å². The normalized spacial score (nSPS) is 12.3. The van der Waals surface area contributed by atoms with Crippen molar-refractivity contribution in [2.45, 2.75) is 18.9 Å². The highest BCUT2D eigenvalue weighted by Gasteiger charge is 2.37. The number of nitriles is 1. The number of aromatic nitrogens is 4. The molecule has 0 aliphatic carbocycles. The molecule has 5 nitrogen and oxygen atoms in total. The van der Waals surface area contributed by atoms with E-state index in [9.17, 15) is 26.3 Å². The zero-order valence-corrected chi connectivity index (χ0v) is 15.4. The lowest BCUT2D eigenvalue weighted by Crippen LogP contribution is -2.14. The smallest absolute Gasteiger partial charge is 0.343 e. The minimum absolute atomic E-state index is 0.106. The van der Waals surface area contributed by atoms with E-state index < -0.39 is 35.6 Å². The van der Waals surface area contributed by atoms with Crippen molar-refractivity contribution >= 4 is 10.9 Å². The Labute approximate surface area is 170 Å². The number of hydrogen-bond acceptors (Lipinski definition) is 3. The molecular weight excluding hydrogens is 424 g/mol. The maximum Gasteiger partial charge on any atom is 0.416 e. The highest BCUT2D eigenvalue weighted by atomic mass is 19.4. The monoisotopic (exact) mass is 435 g/mol. The van der Waals surface area contributed by atoms with E-state index in [1.165, 1.54) is 10.8 Å². The molecule has 1 N–H and O–H groups in total. The summed E-state index contributed by atoms with van der Waals surface area (Å²) >= 11 is 0. The molecule has 0 radical (unpaired) electrons. The van der Waals surface area contributed by atoms with Crippen LogP contribution in [0.4, 0.5) is 26.3 Å². The molecule has 2 aromatic heterocycles. The summed E-state index contributed by atoms with van der Waals surface area (Å²) in [5.41, 5.74) is -1.49. The number of fused-ring (bicyclic) bond motifs is 1. The summed E-state index contributed by atoms with van der Waals surface area (Å²) in [6.45, 7) is -0.435. The fourth-order valence-corrected chi connectivity index (χ4v) is 3.34. The number of nitrogens with one attached hydrogen (secondary N) is 1. The topological polar surface area (TPSA) is 70.3 Å². The highest BCUT2D eigenvalue weighted by molar-refractivity contribution is 5.85. The van der Waals surface area contributed by atoms with Crippen LogP contribution in [-0.2, 0) is 18.9 Å². The van der Waals surface area contributed by atoms with Gasteiger partial charge in [-0.05, 0) is 41.3 Å². The molecule has 0 saturated carbocycles. The average Bonchev–Trinajstić information content (AvgIpc) is 3.33. The quantitative estimate of drug-likeness (QED) is 0.439. The lowest BCUT2D eigenvalue weighted by atomic mass is 10.0. The highest BCUT2D eigenvalue weighted by Crippen LogP contribution is 2.37. The Balaban J connectivity index is 1.82. The maximum absolute atomic E-state index is 13.4. The van der Waals surface area contributed by atoms with Crippen LogP contribution < -0.4 is 0 Å². The van der Waals surface area contributed by atoms with Crippen LogP contribution in [0.5, 0.6) is 0 Å². The van der Waals surface area contributed by atoms with Gasteiger partial charge in [0.15, 0.2) is 5.69 Å². The first-order valence-corrected chi connectivity index (χ1v) is 8.75. The average molecular weight is 435 g/mol. The summed E-state index contributed by atoms with van der Waals surface area (Å²) in [7, 11) is 0. The van der Waals surface area contributed by atoms with Gasteiger partial charge in [-0.1, -0.05) is 17.3 Å². The van der Waals surface area contributed by atoms with Crippen LogP contribution >= 0.6 is 0 Å².